The highest BCUT2D eigenvalue weighted by atomic mass is 32.2. The van der Waals surface area contributed by atoms with Crippen LogP contribution in [0.1, 0.15) is 50.0 Å². The number of phenolic OH excluding ortho intramolecular Hbond substituents is 2. The van der Waals surface area contributed by atoms with Crippen molar-refractivity contribution in [2.24, 2.45) is 26.4 Å². The molecule has 0 radical (unpaired) electrons. The Bertz CT molecular complexity index is 4160. The van der Waals surface area contributed by atoms with Crippen molar-refractivity contribution in [3.63, 3.8) is 0 Å². The zero-order valence-electron chi connectivity index (χ0n) is 42.4. The van der Waals surface area contributed by atoms with Crippen molar-refractivity contribution in [1.82, 2.24) is 0 Å². The summed E-state index contributed by atoms with van der Waals surface area (Å²) in [6, 6.07) is 51.2. The lowest BCUT2D eigenvalue weighted by molar-refractivity contribution is -0.118. The molecule has 0 aromatic heterocycles. The predicted molar refractivity (Wildman–Crippen MR) is 305 cm³/mol. The van der Waals surface area contributed by atoms with Crippen molar-refractivity contribution in [3.05, 3.63) is 234 Å². The Morgan fingerprint density at radius 1 is 0.494 bits per heavy atom. The summed E-state index contributed by atoms with van der Waals surface area (Å²) in [6.07, 6.45) is 3.84. The Hall–Kier alpha value is -10.4. The first kappa shape index (κ1) is 52.1. The Kier molecular flexibility index (Phi) is 14.8. The van der Waals surface area contributed by atoms with Gasteiger partial charge >= 0.3 is 0 Å². The first-order valence-corrected chi connectivity index (χ1v) is 26.3. The number of allylic oxidation sites excluding steroid dienone is 3. The number of aromatic hydroxyl groups is 2. The second kappa shape index (κ2) is 22.4. The van der Waals surface area contributed by atoms with E-state index >= 15 is 0 Å². The van der Waals surface area contributed by atoms with Crippen molar-refractivity contribution >= 4 is 94.8 Å². The van der Waals surface area contributed by atoms with Crippen LogP contribution in [0.15, 0.2) is 242 Å². The van der Waals surface area contributed by atoms with Gasteiger partial charge < -0.3 is 31.5 Å². The normalized spacial score (nSPS) is 13.5. The molecule has 9 aromatic rings. The molecule has 390 valence electrons. The molecule has 0 saturated heterocycles. The lowest BCUT2D eigenvalue weighted by atomic mass is 9.94. The van der Waals surface area contributed by atoms with Gasteiger partial charge in [-0.05, 0) is 121 Å². The molecule has 9 aromatic carbocycles. The first-order valence-electron chi connectivity index (χ1n) is 24.8. The first-order chi connectivity index (χ1) is 38.2. The van der Waals surface area contributed by atoms with E-state index in [4.69, 9.17) is 0 Å². The molecule has 10 rings (SSSR count). The van der Waals surface area contributed by atoms with E-state index < -0.39 is 39.1 Å². The van der Waals surface area contributed by atoms with Gasteiger partial charge in [0.05, 0.1) is 38.2 Å². The minimum absolute atomic E-state index is 0.00589. The standard InChI is InChI=1S/C62H48N8O8S/c1-37-27-29-41(59(73)63-43-17-5-3-6-18-43)33-53(37)67-69-55-49-25-11-9-15-39(49)31-51(57(55)71)61(75)65-45-21-13-23-47(35-45)79(77,78)48-24-14-22-46(36-48)66-62(76)52-32-40-16-10-12-26-50(40)56(58(52)72)70-68-54-34-42(30-28-38(54)2)60(74)64-44-19-7-4-8-20-44/h3-33,35-36,42,71-72H,34H2,1-2H3,(H,63,73)(H,64,74)(H,65,75)(H,66,76). The molecule has 0 heterocycles. The number of carbonyl (C=O) groups excluding carboxylic acids is 4. The minimum Gasteiger partial charge on any atom is -0.505 e. The third-order valence-corrected chi connectivity index (χ3v) is 14.9. The fourth-order valence-electron chi connectivity index (χ4n) is 8.85. The molecule has 0 spiro atoms. The number of nitrogens with one attached hydrogen (secondary N) is 4. The highest BCUT2D eigenvalue weighted by Gasteiger charge is 2.25. The molecular weight excluding hydrogens is 1020 g/mol. The molecular formula is C62H48N8O8S. The molecule has 1 atom stereocenters. The molecule has 1 unspecified atom stereocenters. The molecule has 0 aliphatic heterocycles. The number of fused-ring (bicyclic) bond motifs is 2. The lowest BCUT2D eigenvalue weighted by Gasteiger charge is -2.18. The summed E-state index contributed by atoms with van der Waals surface area (Å²) in [4.78, 5) is 54.0. The number of sulfone groups is 1. The van der Waals surface area contributed by atoms with E-state index in [1.54, 1.807) is 122 Å². The Labute approximate surface area is 453 Å². The zero-order chi connectivity index (χ0) is 55.2. The SMILES string of the molecule is CC1=C(N=Nc2c(O)c(C(=O)Nc3cccc(S(=O)(=O)c4cccc(NC(=O)c5cc6ccccc6c(N=Nc6cc(C(=O)Nc7ccccc7)ccc6C)c5O)c4)c3)cc3ccccc23)CC(C(=O)Nc2ccccc2)C=C1. The second-order valence-corrected chi connectivity index (χ2v) is 20.5. The van der Waals surface area contributed by atoms with Gasteiger partial charge in [-0.2, -0.15) is 10.2 Å². The lowest BCUT2D eigenvalue weighted by Crippen LogP contribution is -2.23. The monoisotopic (exact) mass is 1060 g/mol. The van der Waals surface area contributed by atoms with Crippen LogP contribution in [-0.2, 0) is 14.6 Å². The average Bonchev–Trinajstić information content (AvgIpc) is 3.53. The fourth-order valence-corrected chi connectivity index (χ4v) is 10.2. The van der Waals surface area contributed by atoms with Crippen LogP contribution in [0, 0.1) is 12.8 Å². The molecule has 16 nitrogen and oxygen atoms in total. The summed E-state index contributed by atoms with van der Waals surface area (Å²) in [5.41, 5.74) is 3.82. The summed E-state index contributed by atoms with van der Waals surface area (Å²) in [7, 11) is -4.30. The second-order valence-electron chi connectivity index (χ2n) is 18.5. The summed E-state index contributed by atoms with van der Waals surface area (Å²) in [5.74, 6) is -3.60. The van der Waals surface area contributed by atoms with E-state index in [-0.39, 0.29) is 61.9 Å². The third-order valence-electron chi connectivity index (χ3n) is 13.1. The van der Waals surface area contributed by atoms with Gasteiger partial charge in [0.1, 0.15) is 11.4 Å². The van der Waals surface area contributed by atoms with Crippen LogP contribution in [0.5, 0.6) is 11.5 Å². The minimum atomic E-state index is -4.30. The van der Waals surface area contributed by atoms with Crippen molar-refractivity contribution in [2.45, 2.75) is 30.1 Å². The number of aryl methyl sites for hydroxylation is 1. The number of hydrogen-bond acceptors (Lipinski definition) is 12. The maximum atomic E-state index is 14.3. The van der Waals surface area contributed by atoms with Crippen LogP contribution >= 0.6 is 0 Å². The van der Waals surface area contributed by atoms with Crippen molar-refractivity contribution in [1.29, 1.82) is 0 Å². The predicted octanol–water partition coefficient (Wildman–Crippen LogP) is 14.3. The highest BCUT2D eigenvalue weighted by Crippen LogP contribution is 2.42. The number of amides is 4. The molecule has 17 heteroatoms. The number of phenols is 2. The van der Waals surface area contributed by atoms with Gasteiger partial charge in [0.15, 0.2) is 11.5 Å². The highest BCUT2D eigenvalue weighted by molar-refractivity contribution is 7.91. The number of nitrogens with zero attached hydrogens (tertiary/aromatic N) is 4. The number of benzene rings is 9. The van der Waals surface area contributed by atoms with Gasteiger partial charge in [-0.1, -0.05) is 115 Å². The smallest absolute Gasteiger partial charge is 0.259 e. The van der Waals surface area contributed by atoms with Crippen molar-refractivity contribution in [3.8, 4) is 11.5 Å². The van der Waals surface area contributed by atoms with Crippen molar-refractivity contribution in [2.75, 3.05) is 21.3 Å². The van der Waals surface area contributed by atoms with Crippen LogP contribution in [-0.4, -0.2) is 42.3 Å². The largest absolute Gasteiger partial charge is 0.505 e. The number of rotatable bonds is 14. The van der Waals surface area contributed by atoms with E-state index in [2.05, 4.69) is 41.7 Å². The van der Waals surface area contributed by atoms with Crippen molar-refractivity contribution < 1.29 is 37.8 Å². The molecule has 1 aliphatic rings. The molecule has 6 N–H and O–H groups in total. The van der Waals surface area contributed by atoms with Gasteiger partial charge in [0, 0.05) is 45.5 Å². The molecule has 4 amide bonds. The molecule has 0 fully saturated rings. The quantitative estimate of drug-likeness (QED) is 0.0571. The number of anilines is 4. The number of hydrogen-bond donors (Lipinski definition) is 6. The number of azo groups is 2. The van der Waals surface area contributed by atoms with Gasteiger partial charge in [0.25, 0.3) is 17.7 Å². The molecule has 1 aliphatic carbocycles. The van der Waals surface area contributed by atoms with Gasteiger partial charge in [-0.3, -0.25) is 19.2 Å². The van der Waals surface area contributed by atoms with Crippen LogP contribution in [0.2, 0.25) is 0 Å². The van der Waals surface area contributed by atoms with Gasteiger partial charge in [0.2, 0.25) is 15.7 Å². The van der Waals surface area contributed by atoms with E-state index in [0.717, 1.165) is 5.57 Å². The zero-order valence-corrected chi connectivity index (χ0v) is 43.2. The van der Waals surface area contributed by atoms with E-state index in [9.17, 15) is 37.8 Å². The van der Waals surface area contributed by atoms with E-state index in [0.29, 0.717) is 55.4 Å². The summed E-state index contributed by atoms with van der Waals surface area (Å²) in [5, 5.41) is 54.4. The number of para-hydroxylation sites is 2. The van der Waals surface area contributed by atoms with Crippen LogP contribution < -0.4 is 21.3 Å². The fraction of sp³-hybridized carbons (Fsp3) is 0.0645. The van der Waals surface area contributed by atoms with Crippen LogP contribution in [0.25, 0.3) is 21.5 Å². The summed E-state index contributed by atoms with van der Waals surface area (Å²) < 4.78 is 28.5. The maximum Gasteiger partial charge on any atom is 0.259 e. The molecule has 79 heavy (non-hydrogen) atoms. The average molecular weight is 1070 g/mol. The Morgan fingerprint density at radius 3 is 1.53 bits per heavy atom. The third kappa shape index (κ3) is 11.4. The van der Waals surface area contributed by atoms with E-state index in [1.807, 2.05) is 31.2 Å². The number of carbonyl (C=O) groups is 4. The topological polar surface area (TPSA) is 240 Å². The molecule has 0 bridgehead atoms. The Morgan fingerprint density at radius 2 is 0.975 bits per heavy atom. The Balaban J connectivity index is 0.860. The van der Waals surface area contributed by atoms with Gasteiger partial charge in [-0.25, -0.2) is 8.42 Å². The van der Waals surface area contributed by atoms with Gasteiger partial charge in [-0.15, -0.1) is 10.2 Å². The van der Waals surface area contributed by atoms with E-state index in [1.165, 1.54) is 60.7 Å². The summed E-state index contributed by atoms with van der Waals surface area (Å²) in [6.45, 7) is 3.64. The molecule has 0 saturated carbocycles. The van der Waals surface area contributed by atoms with Crippen LogP contribution in [0.4, 0.5) is 39.8 Å². The van der Waals surface area contributed by atoms with Crippen LogP contribution in [0.3, 0.4) is 0 Å². The maximum absolute atomic E-state index is 14.3. The summed E-state index contributed by atoms with van der Waals surface area (Å²) >= 11 is 0.